The summed E-state index contributed by atoms with van der Waals surface area (Å²) in [5, 5.41) is 3.23. The molecule has 2 rings (SSSR count). The Morgan fingerprint density at radius 3 is 2.47 bits per heavy atom. The normalized spacial score (nSPS) is 17.5. The Balaban J connectivity index is 2.44. The molecule has 0 aromatic heterocycles. The first-order valence-corrected chi connectivity index (χ1v) is 6.63. The monoisotopic (exact) mass is 267 g/mol. The molecule has 1 N–H and O–H groups in total. The van der Waals surface area contributed by atoms with Crippen molar-refractivity contribution in [2.24, 2.45) is 0 Å². The Morgan fingerprint density at radius 1 is 1.32 bits per heavy atom. The highest BCUT2D eigenvalue weighted by Crippen LogP contribution is 2.37. The number of ketones is 1. The lowest BCUT2D eigenvalue weighted by Crippen LogP contribution is -2.28. The van der Waals surface area contributed by atoms with E-state index in [1.54, 1.807) is 12.1 Å². The number of piperidine rings is 1. The van der Waals surface area contributed by atoms with Crippen molar-refractivity contribution in [1.29, 1.82) is 0 Å². The molecule has 0 amide bonds. The van der Waals surface area contributed by atoms with Crippen LogP contribution in [0.2, 0.25) is 0 Å². The second kappa shape index (κ2) is 5.37. The van der Waals surface area contributed by atoms with Crippen molar-refractivity contribution in [2.75, 3.05) is 13.1 Å². The van der Waals surface area contributed by atoms with Gasteiger partial charge in [-0.2, -0.15) is 0 Å². The van der Waals surface area contributed by atoms with Crippen molar-refractivity contribution in [1.82, 2.24) is 5.32 Å². The van der Waals surface area contributed by atoms with Gasteiger partial charge in [-0.15, -0.1) is 0 Å². The molecule has 1 aromatic carbocycles. The van der Waals surface area contributed by atoms with Gasteiger partial charge in [0, 0.05) is 18.1 Å². The molecule has 104 valence electrons. The number of benzene rings is 1. The molecule has 19 heavy (non-hydrogen) atoms. The number of hydrogen-bond donors (Lipinski definition) is 1. The van der Waals surface area contributed by atoms with Crippen LogP contribution in [0.3, 0.4) is 0 Å². The number of alkyl halides is 2. The quantitative estimate of drug-likeness (QED) is 0.850. The van der Waals surface area contributed by atoms with Crippen LogP contribution >= 0.6 is 0 Å². The first-order chi connectivity index (χ1) is 8.89. The van der Waals surface area contributed by atoms with Crippen LogP contribution in [0.1, 0.15) is 54.1 Å². The molecule has 0 atom stereocenters. The molecular weight excluding hydrogens is 248 g/mol. The Labute approximate surface area is 112 Å². The van der Waals surface area contributed by atoms with E-state index in [9.17, 15) is 13.6 Å². The molecule has 1 fully saturated rings. The van der Waals surface area contributed by atoms with Gasteiger partial charge in [0.05, 0.1) is 0 Å². The van der Waals surface area contributed by atoms with Gasteiger partial charge < -0.3 is 5.32 Å². The lowest BCUT2D eigenvalue weighted by atomic mass is 9.84. The highest BCUT2D eigenvalue weighted by atomic mass is 19.3. The van der Waals surface area contributed by atoms with Crippen LogP contribution in [-0.2, 0) is 5.92 Å². The van der Waals surface area contributed by atoms with Crippen LogP contribution in [-0.4, -0.2) is 18.9 Å². The lowest BCUT2D eigenvalue weighted by Gasteiger charge is -2.27. The summed E-state index contributed by atoms with van der Waals surface area (Å²) in [6.45, 7) is 4.01. The summed E-state index contributed by atoms with van der Waals surface area (Å²) in [5.41, 5.74) is 1.06. The largest absolute Gasteiger partial charge is 0.317 e. The summed E-state index contributed by atoms with van der Waals surface area (Å²) in [4.78, 5) is 11.4. The third kappa shape index (κ3) is 3.18. The Bertz CT molecular complexity index is 474. The van der Waals surface area contributed by atoms with Crippen molar-refractivity contribution in [3.05, 3.63) is 34.9 Å². The minimum absolute atomic E-state index is 0.00657. The summed E-state index contributed by atoms with van der Waals surface area (Å²) < 4.78 is 27.6. The van der Waals surface area contributed by atoms with E-state index in [-0.39, 0.29) is 17.3 Å². The SMILES string of the molecule is CC(=O)c1ccc(C2CCNCC2)c(C(C)(F)F)c1. The minimum Gasteiger partial charge on any atom is -0.317 e. The molecule has 0 saturated carbocycles. The van der Waals surface area contributed by atoms with Gasteiger partial charge in [-0.3, -0.25) is 4.79 Å². The second-order valence-corrected chi connectivity index (χ2v) is 5.27. The molecule has 4 heteroatoms. The van der Waals surface area contributed by atoms with Crippen molar-refractivity contribution in [3.8, 4) is 0 Å². The zero-order valence-electron chi connectivity index (χ0n) is 11.3. The van der Waals surface area contributed by atoms with E-state index >= 15 is 0 Å². The maximum atomic E-state index is 13.8. The van der Waals surface area contributed by atoms with E-state index in [2.05, 4.69) is 5.32 Å². The molecule has 0 bridgehead atoms. The van der Waals surface area contributed by atoms with Gasteiger partial charge >= 0.3 is 0 Å². The van der Waals surface area contributed by atoms with Gasteiger partial charge in [0.1, 0.15) is 0 Å². The molecule has 1 aliphatic rings. The van der Waals surface area contributed by atoms with E-state index in [0.717, 1.165) is 32.9 Å². The fourth-order valence-electron chi connectivity index (χ4n) is 2.64. The van der Waals surface area contributed by atoms with Gasteiger partial charge in [-0.05, 0) is 50.4 Å². The predicted molar refractivity (Wildman–Crippen MR) is 70.9 cm³/mol. The van der Waals surface area contributed by atoms with Gasteiger partial charge in [-0.25, -0.2) is 8.78 Å². The molecule has 0 radical (unpaired) electrons. The summed E-state index contributed by atoms with van der Waals surface area (Å²) >= 11 is 0. The van der Waals surface area contributed by atoms with Crippen LogP contribution in [0, 0.1) is 0 Å². The van der Waals surface area contributed by atoms with Crippen LogP contribution in [0.5, 0.6) is 0 Å². The van der Waals surface area contributed by atoms with E-state index in [1.807, 2.05) is 0 Å². The van der Waals surface area contributed by atoms with Crippen molar-refractivity contribution < 1.29 is 13.6 Å². The first-order valence-electron chi connectivity index (χ1n) is 6.63. The number of carbonyl (C=O) groups is 1. The van der Waals surface area contributed by atoms with Gasteiger partial charge in [-0.1, -0.05) is 12.1 Å². The zero-order valence-corrected chi connectivity index (χ0v) is 11.3. The van der Waals surface area contributed by atoms with E-state index in [4.69, 9.17) is 0 Å². The van der Waals surface area contributed by atoms with Crippen LogP contribution in [0.15, 0.2) is 18.2 Å². The molecule has 0 aliphatic carbocycles. The average Bonchev–Trinajstić information content (AvgIpc) is 2.38. The molecule has 1 heterocycles. The predicted octanol–water partition coefficient (Wildman–Crippen LogP) is 3.47. The van der Waals surface area contributed by atoms with Crippen molar-refractivity contribution in [2.45, 2.75) is 38.5 Å². The fourth-order valence-corrected chi connectivity index (χ4v) is 2.64. The Hall–Kier alpha value is -1.29. The Kier molecular flexibility index (Phi) is 3.99. The molecule has 0 spiro atoms. The van der Waals surface area contributed by atoms with Gasteiger partial charge in [0.25, 0.3) is 5.92 Å². The highest BCUT2D eigenvalue weighted by Gasteiger charge is 2.31. The molecule has 1 aromatic rings. The van der Waals surface area contributed by atoms with Crippen LogP contribution in [0.4, 0.5) is 8.78 Å². The van der Waals surface area contributed by atoms with Crippen molar-refractivity contribution >= 4 is 5.78 Å². The smallest absolute Gasteiger partial charge is 0.270 e. The topological polar surface area (TPSA) is 29.1 Å². The number of nitrogens with one attached hydrogen (secondary N) is 1. The first kappa shape index (κ1) is 14.1. The van der Waals surface area contributed by atoms with E-state index < -0.39 is 5.92 Å². The molecular formula is C15H19F2NO. The lowest BCUT2D eigenvalue weighted by molar-refractivity contribution is 0.0160. The molecule has 0 unspecified atom stereocenters. The Morgan fingerprint density at radius 2 is 1.95 bits per heavy atom. The van der Waals surface area contributed by atoms with E-state index in [1.165, 1.54) is 13.0 Å². The highest BCUT2D eigenvalue weighted by molar-refractivity contribution is 5.94. The number of halogens is 2. The summed E-state index contributed by atoms with van der Waals surface area (Å²) in [7, 11) is 0. The van der Waals surface area contributed by atoms with Gasteiger partial charge in [0.15, 0.2) is 5.78 Å². The third-order valence-corrected chi connectivity index (χ3v) is 3.71. The van der Waals surface area contributed by atoms with Crippen LogP contribution in [0.25, 0.3) is 0 Å². The second-order valence-electron chi connectivity index (χ2n) is 5.27. The summed E-state index contributed by atoms with van der Waals surface area (Å²) in [6.07, 6.45) is 1.73. The maximum Gasteiger partial charge on any atom is 0.270 e. The summed E-state index contributed by atoms with van der Waals surface area (Å²) in [5.74, 6) is -2.93. The van der Waals surface area contributed by atoms with Crippen molar-refractivity contribution in [3.63, 3.8) is 0 Å². The number of rotatable bonds is 3. The van der Waals surface area contributed by atoms with Gasteiger partial charge in [0.2, 0.25) is 0 Å². The molecule has 1 aliphatic heterocycles. The maximum absolute atomic E-state index is 13.8. The zero-order chi connectivity index (χ0) is 14.0. The number of Topliss-reactive ketones (excluding diaryl/α,β-unsaturated/α-hetero) is 1. The van der Waals surface area contributed by atoms with E-state index in [0.29, 0.717) is 11.1 Å². The fraction of sp³-hybridized carbons (Fsp3) is 0.533. The number of hydrogen-bond acceptors (Lipinski definition) is 2. The van der Waals surface area contributed by atoms with Crippen LogP contribution < -0.4 is 5.32 Å². The minimum atomic E-state index is -2.91. The standard InChI is InChI=1S/C15H19F2NO/c1-10(19)12-3-4-13(11-5-7-18-8-6-11)14(9-12)15(2,16)17/h3-4,9,11,18H,5-8H2,1-2H3. The molecule has 1 saturated heterocycles. The summed E-state index contributed by atoms with van der Waals surface area (Å²) in [6, 6.07) is 4.73. The molecule has 2 nitrogen and oxygen atoms in total. The average molecular weight is 267 g/mol. The third-order valence-electron chi connectivity index (χ3n) is 3.71. The number of carbonyl (C=O) groups excluding carboxylic acids is 1.